The van der Waals surface area contributed by atoms with Crippen molar-refractivity contribution < 1.29 is 4.74 Å². The van der Waals surface area contributed by atoms with Gasteiger partial charge in [-0.1, -0.05) is 60.7 Å². The van der Waals surface area contributed by atoms with E-state index in [1.54, 1.807) is 0 Å². The van der Waals surface area contributed by atoms with Crippen LogP contribution in [-0.2, 0) is 11.3 Å². The average molecular weight is 320 g/mol. The molecule has 0 aliphatic heterocycles. The smallest absolute Gasteiger partial charge is 0.133 e. The number of ether oxygens (including phenoxy) is 1. The maximum Gasteiger partial charge on any atom is 0.133 e. The monoisotopic (exact) mass is 320 g/mol. The Morgan fingerprint density at radius 1 is 1.17 bits per heavy atom. The van der Waals surface area contributed by atoms with Crippen LogP contribution in [0, 0.1) is 11.3 Å². The van der Waals surface area contributed by atoms with Gasteiger partial charge in [0.25, 0.3) is 0 Å². The highest BCUT2D eigenvalue weighted by atomic mass is 16.5. The van der Waals surface area contributed by atoms with Crippen LogP contribution in [0.2, 0.25) is 0 Å². The van der Waals surface area contributed by atoms with Gasteiger partial charge in [0, 0.05) is 6.04 Å². The highest BCUT2D eigenvalue weighted by Crippen LogP contribution is 2.35. The lowest BCUT2D eigenvalue weighted by Crippen LogP contribution is -2.51. The molecular weight excluding hydrogens is 296 g/mol. The van der Waals surface area contributed by atoms with E-state index in [1.165, 1.54) is 5.56 Å². The fourth-order valence-electron chi connectivity index (χ4n) is 3.51. The molecule has 1 N–H and O–H groups in total. The van der Waals surface area contributed by atoms with E-state index >= 15 is 0 Å². The van der Waals surface area contributed by atoms with Crippen molar-refractivity contribution in [2.45, 2.75) is 50.5 Å². The molecule has 3 heteroatoms. The lowest BCUT2D eigenvalue weighted by Gasteiger charge is -2.33. The fraction of sp³-hybridized carbons (Fsp3) is 0.381. The van der Waals surface area contributed by atoms with Gasteiger partial charge in [-0.15, -0.1) is 0 Å². The minimum atomic E-state index is -0.607. The maximum absolute atomic E-state index is 9.89. The zero-order valence-electron chi connectivity index (χ0n) is 14.1. The van der Waals surface area contributed by atoms with Gasteiger partial charge in [-0.25, -0.2) is 0 Å². The molecule has 0 saturated heterocycles. The molecule has 0 heterocycles. The van der Waals surface area contributed by atoms with Gasteiger partial charge < -0.3 is 4.74 Å². The molecule has 0 spiro atoms. The summed E-state index contributed by atoms with van der Waals surface area (Å²) < 4.78 is 6.15. The van der Waals surface area contributed by atoms with Crippen LogP contribution in [0.3, 0.4) is 0 Å². The Morgan fingerprint density at radius 2 is 1.83 bits per heavy atom. The molecule has 1 aliphatic carbocycles. The second-order valence-electron chi connectivity index (χ2n) is 6.54. The molecule has 1 saturated carbocycles. The van der Waals surface area contributed by atoms with Crippen molar-refractivity contribution >= 4 is 0 Å². The van der Waals surface area contributed by atoms with Crippen LogP contribution in [0.25, 0.3) is 0 Å². The summed E-state index contributed by atoms with van der Waals surface area (Å²) in [5.74, 6) is 0. The van der Waals surface area contributed by atoms with Gasteiger partial charge in [-0.3, -0.25) is 5.32 Å². The second kappa shape index (κ2) is 7.61. The summed E-state index contributed by atoms with van der Waals surface area (Å²) in [6.07, 6.45) is 2.70. The van der Waals surface area contributed by atoms with E-state index in [-0.39, 0.29) is 12.1 Å². The van der Waals surface area contributed by atoms with Crippen LogP contribution in [-0.4, -0.2) is 11.6 Å². The molecule has 2 aromatic rings. The zero-order chi connectivity index (χ0) is 16.8. The molecule has 0 unspecified atom stereocenters. The van der Waals surface area contributed by atoms with E-state index in [9.17, 15) is 5.26 Å². The van der Waals surface area contributed by atoms with Crippen molar-refractivity contribution in [1.29, 1.82) is 5.26 Å². The Morgan fingerprint density at radius 3 is 2.50 bits per heavy atom. The van der Waals surface area contributed by atoms with Gasteiger partial charge in [-0.05, 0) is 37.3 Å². The molecular formula is C21H24N2O. The number of nitrogens with zero attached hydrogens (tertiary/aromatic N) is 1. The highest BCUT2D eigenvalue weighted by Gasteiger charge is 2.45. The largest absolute Gasteiger partial charge is 0.370 e. The quantitative estimate of drug-likeness (QED) is 0.859. The van der Waals surface area contributed by atoms with Crippen molar-refractivity contribution in [3.05, 3.63) is 71.8 Å². The Bertz CT molecular complexity index is 680. The van der Waals surface area contributed by atoms with Crippen molar-refractivity contribution in [3.63, 3.8) is 0 Å². The molecule has 1 aliphatic rings. The number of benzene rings is 2. The number of hydrogen-bond acceptors (Lipinski definition) is 3. The number of hydrogen-bond donors (Lipinski definition) is 1. The summed E-state index contributed by atoms with van der Waals surface area (Å²) in [5.41, 5.74) is 1.73. The predicted molar refractivity (Wildman–Crippen MR) is 95.2 cm³/mol. The van der Waals surface area contributed by atoms with Gasteiger partial charge in [0.05, 0.1) is 18.8 Å². The summed E-state index contributed by atoms with van der Waals surface area (Å²) in [4.78, 5) is 0. The lowest BCUT2D eigenvalue weighted by atomic mass is 9.94. The molecule has 3 nitrogen and oxygen atoms in total. The van der Waals surface area contributed by atoms with Crippen LogP contribution >= 0.6 is 0 Å². The third kappa shape index (κ3) is 3.67. The lowest BCUT2D eigenvalue weighted by molar-refractivity contribution is 0.00592. The fourth-order valence-corrected chi connectivity index (χ4v) is 3.51. The summed E-state index contributed by atoms with van der Waals surface area (Å²) in [5, 5.41) is 13.4. The van der Waals surface area contributed by atoms with Gasteiger partial charge in [0.2, 0.25) is 0 Å². The first-order valence-corrected chi connectivity index (χ1v) is 8.63. The Hall–Kier alpha value is -2.15. The van der Waals surface area contributed by atoms with Crippen LogP contribution in [0.4, 0.5) is 0 Å². The summed E-state index contributed by atoms with van der Waals surface area (Å²) >= 11 is 0. The van der Waals surface area contributed by atoms with Gasteiger partial charge in [0.15, 0.2) is 0 Å². The van der Waals surface area contributed by atoms with Crippen LogP contribution < -0.4 is 5.32 Å². The highest BCUT2D eigenvalue weighted by molar-refractivity contribution is 5.23. The number of rotatable bonds is 6. The van der Waals surface area contributed by atoms with Crippen LogP contribution in [0.5, 0.6) is 0 Å². The van der Waals surface area contributed by atoms with Crippen molar-refractivity contribution in [3.8, 4) is 6.07 Å². The predicted octanol–water partition coefficient (Wildman–Crippen LogP) is 4.37. The second-order valence-corrected chi connectivity index (χ2v) is 6.54. The topological polar surface area (TPSA) is 45.0 Å². The van der Waals surface area contributed by atoms with E-state index < -0.39 is 5.54 Å². The first-order chi connectivity index (χ1) is 11.7. The van der Waals surface area contributed by atoms with Gasteiger partial charge >= 0.3 is 0 Å². The van der Waals surface area contributed by atoms with Crippen molar-refractivity contribution in [1.82, 2.24) is 5.32 Å². The van der Waals surface area contributed by atoms with Crippen molar-refractivity contribution in [2.75, 3.05) is 0 Å². The summed E-state index contributed by atoms with van der Waals surface area (Å²) in [6, 6.07) is 23.1. The Kier molecular flexibility index (Phi) is 5.30. The molecule has 124 valence electrons. The summed E-state index contributed by atoms with van der Waals surface area (Å²) in [6.45, 7) is 2.66. The molecule has 1 fully saturated rings. The average Bonchev–Trinajstić information content (AvgIpc) is 3.04. The molecule has 0 radical (unpaired) electrons. The zero-order valence-corrected chi connectivity index (χ0v) is 14.1. The molecule has 2 aromatic carbocycles. The minimum absolute atomic E-state index is 0.0751. The first kappa shape index (κ1) is 16.7. The van der Waals surface area contributed by atoms with Gasteiger partial charge in [-0.2, -0.15) is 5.26 Å². The molecule has 24 heavy (non-hydrogen) atoms. The van der Waals surface area contributed by atoms with E-state index in [0.717, 1.165) is 24.8 Å². The van der Waals surface area contributed by atoms with E-state index in [4.69, 9.17) is 4.74 Å². The molecule has 3 rings (SSSR count). The van der Waals surface area contributed by atoms with Crippen molar-refractivity contribution in [2.24, 2.45) is 0 Å². The molecule has 0 bridgehead atoms. The molecule has 0 aromatic heterocycles. The Balaban J connectivity index is 1.69. The Labute approximate surface area is 144 Å². The summed E-state index contributed by atoms with van der Waals surface area (Å²) in [7, 11) is 0. The standard InChI is InChI=1S/C21H24N2O/c1-17(19-11-6-3-7-12-19)23-21(16-22)14-8-13-20(21)24-15-18-9-4-2-5-10-18/h2-7,9-12,17,20,23H,8,13-15H2,1H3/t17-,20+,21+/m0/s1. The SMILES string of the molecule is C[C@H](N[C@@]1(C#N)CCC[C@H]1OCc1ccccc1)c1ccccc1. The first-order valence-electron chi connectivity index (χ1n) is 8.63. The normalized spacial score (nSPS) is 24.4. The van der Waals surface area contributed by atoms with E-state index in [2.05, 4.69) is 42.6 Å². The minimum Gasteiger partial charge on any atom is -0.370 e. The number of nitriles is 1. The van der Waals surface area contributed by atoms with E-state index in [1.807, 2.05) is 36.4 Å². The van der Waals surface area contributed by atoms with Gasteiger partial charge in [0.1, 0.15) is 5.54 Å². The molecule has 3 atom stereocenters. The number of nitrogens with one attached hydrogen (secondary N) is 1. The third-order valence-electron chi connectivity index (χ3n) is 4.85. The maximum atomic E-state index is 9.89. The third-order valence-corrected chi connectivity index (χ3v) is 4.85. The van der Waals surface area contributed by atoms with Crippen LogP contribution in [0.15, 0.2) is 60.7 Å². The van der Waals surface area contributed by atoms with Crippen LogP contribution in [0.1, 0.15) is 43.4 Å². The molecule has 0 amide bonds. The van der Waals surface area contributed by atoms with E-state index in [0.29, 0.717) is 6.61 Å².